The van der Waals surface area contributed by atoms with Gasteiger partial charge < -0.3 is 10.3 Å². The Bertz CT molecular complexity index is 216. The van der Waals surface area contributed by atoms with Crippen molar-refractivity contribution < 1.29 is 0 Å². The molecule has 0 saturated carbocycles. The molecule has 1 saturated heterocycles. The molecule has 1 aliphatic rings. The lowest BCUT2D eigenvalue weighted by Crippen LogP contribution is -2.24. The van der Waals surface area contributed by atoms with Crippen LogP contribution in [0.1, 0.15) is 12.8 Å². The third kappa shape index (κ3) is 1.94. The lowest BCUT2D eigenvalue weighted by Gasteiger charge is -2.21. The third-order valence-corrected chi connectivity index (χ3v) is 3.11. The van der Waals surface area contributed by atoms with Crippen LogP contribution in [0.15, 0.2) is 12.4 Å². The van der Waals surface area contributed by atoms with Gasteiger partial charge in [-0.25, -0.2) is 4.98 Å². The molecule has 1 aliphatic heterocycles. The van der Waals surface area contributed by atoms with E-state index in [0.717, 1.165) is 5.95 Å². The first-order valence-electron chi connectivity index (χ1n) is 4.29. The highest BCUT2D eigenvalue weighted by molar-refractivity contribution is 7.99. The van der Waals surface area contributed by atoms with Gasteiger partial charge in [0.05, 0.1) is 0 Å². The molecule has 12 heavy (non-hydrogen) atoms. The number of aromatic amines is 1. The number of hydrogen-bond donors (Lipinski definition) is 2. The summed E-state index contributed by atoms with van der Waals surface area (Å²) in [5.41, 5.74) is 0. The van der Waals surface area contributed by atoms with E-state index in [-0.39, 0.29) is 0 Å². The highest BCUT2D eigenvalue weighted by Gasteiger charge is 2.13. The smallest absolute Gasteiger partial charge is 0.200 e. The Hall–Kier alpha value is -0.640. The molecule has 0 unspecified atom stereocenters. The molecule has 0 radical (unpaired) electrons. The molecule has 2 N–H and O–H groups in total. The van der Waals surface area contributed by atoms with Crippen LogP contribution in [0.5, 0.6) is 0 Å². The van der Waals surface area contributed by atoms with E-state index in [1.165, 1.54) is 24.3 Å². The third-order valence-electron chi connectivity index (χ3n) is 2.06. The molecular formula is C8H13N3S. The van der Waals surface area contributed by atoms with Crippen molar-refractivity contribution in [1.29, 1.82) is 0 Å². The van der Waals surface area contributed by atoms with Crippen LogP contribution in [0.25, 0.3) is 0 Å². The van der Waals surface area contributed by atoms with Crippen LogP contribution < -0.4 is 5.32 Å². The largest absolute Gasteiger partial charge is 0.353 e. The molecule has 2 heterocycles. The average Bonchev–Trinajstić information content (AvgIpc) is 2.59. The van der Waals surface area contributed by atoms with Crippen molar-refractivity contribution >= 4 is 17.7 Å². The quantitative estimate of drug-likeness (QED) is 0.733. The van der Waals surface area contributed by atoms with E-state index >= 15 is 0 Å². The van der Waals surface area contributed by atoms with Crippen LogP contribution in [-0.4, -0.2) is 27.5 Å². The molecule has 2 rings (SSSR count). The van der Waals surface area contributed by atoms with E-state index in [1.54, 1.807) is 6.20 Å². The minimum absolute atomic E-state index is 0.623. The van der Waals surface area contributed by atoms with Gasteiger partial charge in [-0.3, -0.25) is 0 Å². The van der Waals surface area contributed by atoms with Gasteiger partial charge in [-0.15, -0.1) is 0 Å². The molecule has 4 heteroatoms. The predicted octanol–water partition coefficient (Wildman–Crippen LogP) is 1.72. The molecule has 0 amide bonds. The highest BCUT2D eigenvalue weighted by Crippen LogP contribution is 2.19. The molecular weight excluding hydrogens is 170 g/mol. The minimum Gasteiger partial charge on any atom is -0.353 e. The molecule has 0 spiro atoms. The minimum atomic E-state index is 0.623. The van der Waals surface area contributed by atoms with Gasteiger partial charge in [-0.1, -0.05) is 0 Å². The number of rotatable bonds is 2. The molecule has 1 aromatic heterocycles. The van der Waals surface area contributed by atoms with Crippen LogP contribution in [0.3, 0.4) is 0 Å². The summed E-state index contributed by atoms with van der Waals surface area (Å²) in [6, 6.07) is 0.623. The van der Waals surface area contributed by atoms with Crippen molar-refractivity contribution in [2.75, 3.05) is 16.8 Å². The fourth-order valence-electron chi connectivity index (χ4n) is 1.38. The Labute approximate surface area is 76.4 Å². The second kappa shape index (κ2) is 3.85. The fourth-order valence-corrected chi connectivity index (χ4v) is 2.49. The number of anilines is 1. The van der Waals surface area contributed by atoms with Gasteiger partial charge in [-0.05, 0) is 24.3 Å². The van der Waals surface area contributed by atoms with Crippen molar-refractivity contribution in [3.8, 4) is 0 Å². The zero-order valence-corrected chi connectivity index (χ0v) is 7.73. The monoisotopic (exact) mass is 183 g/mol. The summed E-state index contributed by atoms with van der Waals surface area (Å²) < 4.78 is 0. The van der Waals surface area contributed by atoms with E-state index < -0.39 is 0 Å². The van der Waals surface area contributed by atoms with Crippen molar-refractivity contribution in [2.24, 2.45) is 0 Å². The van der Waals surface area contributed by atoms with Crippen molar-refractivity contribution in [3.05, 3.63) is 12.4 Å². The number of H-pyrrole nitrogens is 1. The van der Waals surface area contributed by atoms with E-state index in [0.29, 0.717) is 6.04 Å². The molecule has 0 bridgehead atoms. The molecule has 3 nitrogen and oxygen atoms in total. The Morgan fingerprint density at radius 3 is 3.00 bits per heavy atom. The molecule has 1 aromatic rings. The first-order chi connectivity index (χ1) is 5.95. The van der Waals surface area contributed by atoms with Gasteiger partial charge in [0.25, 0.3) is 0 Å². The van der Waals surface area contributed by atoms with Crippen molar-refractivity contribution in [3.63, 3.8) is 0 Å². The summed E-state index contributed by atoms with van der Waals surface area (Å²) in [4.78, 5) is 7.19. The standard InChI is InChI=1S/C8H13N3S/c1-5-12-6-2-7(1)11-8-9-3-4-10-8/h3-4,7H,1-2,5-6H2,(H2,9,10,11). The van der Waals surface area contributed by atoms with Gasteiger partial charge in [0.1, 0.15) is 0 Å². The Balaban J connectivity index is 1.86. The van der Waals surface area contributed by atoms with Crippen molar-refractivity contribution in [2.45, 2.75) is 18.9 Å². The lowest BCUT2D eigenvalue weighted by atomic mass is 10.2. The van der Waals surface area contributed by atoms with Crippen molar-refractivity contribution in [1.82, 2.24) is 9.97 Å². The maximum atomic E-state index is 4.14. The first kappa shape index (κ1) is 7.98. The Morgan fingerprint density at radius 1 is 1.50 bits per heavy atom. The number of hydrogen-bond acceptors (Lipinski definition) is 3. The zero-order chi connectivity index (χ0) is 8.23. The van der Waals surface area contributed by atoms with Gasteiger partial charge in [-0.2, -0.15) is 11.8 Å². The zero-order valence-electron chi connectivity index (χ0n) is 6.92. The van der Waals surface area contributed by atoms with E-state index in [2.05, 4.69) is 15.3 Å². The Morgan fingerprint density at radius 2 is 2.33 bits per heavy atom. The molecule has 0 aliphatic carbocycles. The topological polar surface area (TPSA) is 40.7 Å². The van der Waals surface area contributed by atoms with Crippen LogP contribution in [-0.2, 0) is 0 Å². The van der Waals surface area contributed by atoms with Gasteiger partial charge in [0.15, 0.2) is 5.95 Å². The summed E-state index contributed by atoms with van der Waals surface area (Å²) in [6.45, 7) is 0. The van der Waals surface area contributed by atoms with E-state index in [4.69, 9.17) is 0 Å². The highest BCUT2D eigenvalue weighted by atomic mass is 32.2. The molecule has 0 aromatic carbocycles. The second-order valence-corrected chi connectivity index (χ2v) is 4.19. The summed E-state index contributed by atoms with van der Waals surface area (Å²) in [6.07, 6.45) is 6.14. The molecule has 1 fully saturated rings. The van der Waals surface area contributed by atoms with Gasteiger partial charge in [0.2, 0.25) is 0 Å². The number of imidazole rings is 1. The van der Waals surface area contributed by atoms with Crippen LogP contribution in [0, 0.1) is 0 Å². The number of nitrogens with one attached hydrogen (secondary N) is 2. The van der Waals surface area contributed by atoms with Crippen LogP contribution in [0.4, 0.5) is 5.95 Å². The maximum absolute atomic E-state index is 4.14. The van der Waals surface area contributed by atoms with Crippen LogP contribution >= 0.6 is 11.8 Å². The lowest BCUT2D eigenvalue weighted by molar-refractivity contribution is 0.661. The maximum Gasteiger partial charge on any atom is 0.200 e. The van der Waals surface area contributed by atoms with E-state index in [1.807, 2.05) is 18.0 Å². The normalized spacial score (nSPS) is 19.3. The van der Waals surface area contributed by atoms with Crippen LogP contribution in [0.2, 0.25) is 0 Å². The summed E-state index contributed by atoms with van der Waals surface area (Å²) in [5.74, 6) is 3.46. The number of thioether (sulfide) groups is 1. The van der Waals surface area contributed by atoms with E-state index in [9.17, 15) is 0 Å². The fraction of sp³-hybridized carbons (Fsp3) is 0.625. The van der Waals surface area contributed by atoms with Gasteiger partial charge >= 0.3 is 0 Å². The molecule has 0 atom stereocenters. The van der Waals surface area contributed by atoms with Gasteiger partial charge in [0, 0.05) is 18.4 Å². The Kier molecular flexibility index (Phi) is 2.56. The second-order valence-electron chi connectivity index (χ2n) is 2.97. The summed E-state index contributed by atoms with van der Waals surface area (Å²) in [7, 11) is 0. The first-order valence-corrected chi connectivity index (χ1v) is 5.44. The number of nitrogens with zero attached hydrogens (tertiary/aromatic N) is 1. The number of aromatic nitrogens is 2. The molecule has 66 valence electrons. The summed E-state index contributed by atoms with van der Waals surface area (Å²) >= 11 is 2.04. The average molecular weight is 183 g/mol. The SMILES string of the molecule is c1c[nH]c(NC2CCSCC2)n1. The summed E-state index contributed by atoms with van der Waals surface area (Å²) in [5, 5.41) is 3.38. The predicted molar refractivity (Wildman–Crippen MR) is 52.6 cm³/mol.